The lowest BCUT2D eigenvalue weighted by Crippen LogP contribution is -2.15. The number of benzene rings is 3. The van der Waals surface area contributed by atoms with Crippen LogP contribution in [-0.4, -0.2) is 5.91 Å². The summed E-state index contributed by atoms with van der Waals surface area (Å²) in [7, 11) is 0. The van der Waals surface area contributed by atoms with E-state index < -0.39 is 0 Å². The van der Waals surface area contributed by atoms with E-state index in [-0.39, 0.29) is 5.91 Å². The topological polar surface area (TPSA) is 29.1 Å². The predicted molar refractivity (Wildman–Crippen MR) is 143 cm³/mol. The van der Waals surface area contributed by atoms with Crippen molar-refractivity contribution in [1.29, 1.82) is 0 Å². The van der Waals surface area contributed by atoms with Crippen molar-refractivity contribution in [2.75, 3.05) is 5.32 Å². The van der Waals surface area contributed by atoms with Crippen LogP contribution in [0.1, 0.15) is 55.7 Å². The Hall–Kier alpha value is -2.84. The lowest BCUT2D eigenvalue weighted by Gasteiger charge is -2.27. The average Bonchev–Trinajstić information content (AvgIpc) is 3.59. The zero-order valence-corrected chi connectivity index (χ0v) is 20.8. The molecule has 3 aromatic rings. The molecule has 1 saturated carbocycles. The van der Waals surface area contributed by atoms with Crippen LogP contribution >= 0.6 is 11.6 Å². The standard InChI is InChI=1S/C31H32ClNO/c1-21-19-27(32)13-16-29(21)25-9-14-28(15-10-25)33-30(34)20-22-3-5-23(6-4-22)24-7-11-26(12-8-24)31(2)17-18-31/h3-7,9-10,13-16,19,26H,8,11-12,17-18,20H2,1-2H3,(H,33,34). The number of halogens is 1. The summed E-state index contributed by atoms with van der Waals surface area (Å²) in [6, 6.07) is 22.4. The first-order chi connectivity index (χ1) is 16.4. The predicted octanol–water partition coefficient (Wildman–Crippen LogP) is 8.48. The molecule has 0 saturated heterocycles. The number of rotatable bonds is 6. The maximum absolute atomic E-state index is 12.6. The Kier molecular flexibility index (Phi) is 6.36. The molecule has 1 N–H and O–H groups in total. The van der Waals surface area contributed by atoms with E-state index in [9.17, 15) is 4.79 Å². The summed E-state index contributed by atoms with van der Waals surface area (Å²) in [6.45, 7) is 4.50. The summed E-state index contributed by atoms with van der Waals surface area (Å²) in [4.78, 5) is 12.6. The van der Waals surface area contributed by atoms with Crippen LogP contribution < -0.4 is 5.32 Å². The fraction of sp³-hybridized carbons (Fsp3) is 0.323. The number of carbonyl (C=O) groups is 1. The molecule has 174 valence electrons. The van der Waals surface area contributed by atoms with E-state index in [0.717, 1.165) is 38.9 Å². The first-order valence-electron chi connectivity index (χ1n) is 12.3. The molecule has 34 heavy (non-hydrogen) atoms. The van der Waals surface area contributed by atoms with Crippen LogP contribution in [0.5, 0.6) is 0 Å². The van der Waals surface area contributed by atoms with E-state index in [0.29, 0.717) is 11.8 Å². The van der Waals surface area contributed by atoms with Gasteiger partial charge in [0.25, 0.3) is 0 Å². The van der Waals surface area contributed by atoms with Crippen LogP contribution in [0.15, 0.2) is 72.8 Å². The van der Waals surface area contributed by atoms with Gasteiger partial charge in [0.2, 0.25) is 5.91 Å². The molecule has 2 aliphatic carbocycles. The highest BCUT2D eigenvalue weighted by Gasteiger charge is 2.44. The zero-order valence-electron chi connectivity index (χ0n) is 20.0. The maximum Gasteiger partial charge on any atom is 0.228 e. The minimum atomic E-state index is 0.000532. The molecule has 1 fully saturated rings. The monoisotopic (exact) mass is 469 g/mol. The Bertz CT molecular complexity index is 1220. The number of hydrogen-bond donors (Lipinski definition) is 1. The second-order valence-electron chi connectivity index (χ2n) is 10.3. The van der Waals surface area contributed by atoms with Gasteiger partial charge in [0.05, 0.1) is 6.42 Å². The van der Waals surface area contributed by atoms with Gasteiger partial charge in [-0.15, -0.1) is 0 Å². The van der Waals surface area contributed by atoms with E-state index in [2.05, 4.69) is 49.5 Å². The van der Waals surface area contributed by atoms with Crippen LogP contribution in [-0.2, 0) is 11.2 Å². The number of amides is 1. The molecule has 3 heteroatoms. The molecular weight excluding hydrogens is 438 g/mol. The number of nitrogens with one attached hydrogen (secondary N) is 1. The average molecular weight is 470 g/mol. The summed E-state index contributed by atoms with van der Waals surface area (Å²) in [6.07, 6.45) is 9.33. The second-order valence-corrected chi connectivity index (χ2v) is 10.7. The molecule has 0 bridgehead atoms. The van der Waals surface area contributed by atoms with E-state index in [1.54, 1.807) is 0 Å². The van der Waals surface area contributed by atoms with Crippen LogP contribution in [0.25, 0.3) is 16.7 Å². The van der Waals surface area contributed by atoms with Gasteiger partial charge in [-0.05, 0) is 108 Å². The van der Waals surface area contributed by atoms with E-state index in [1.807, 2.05) is 42.5 Å². The number of hydrogen-bond acceptors (Lipinski definition) is 1. The van der Waals surface area contributed by atoms with Gasteiger partial charge in [-0.25, -0.2) is 0 Å². The van der Waals surface area contributed by atoms with Crippen LogP contribution in [0.3, 0.4) is 0 Å². The van der Waals surface area contributed by atoms with E-state index in [4.69, 9.17) is 11.6 Å². The van der Waals surface area contributed by atoms with Gasteiger partial charge < -0.3 is 5.32 Å². The molecule has 2 nitrogen and oxygen atoms in total. The van der Waals surface area contributed by atoms with E-state index in [1.165, 1.54) is 43.2 Å². The number of anilines is 1. The minimum Gasteiger partial charge on any atom is -0.326 e. The highest BCUT2D eigenvalue weighted by Crippen LogP contribution is 2.56. The van der Waals surface area contributed by atoms with E-state index >= 15 is 0 Å². The summed E-state index contributed by atoms with van der Waals surface area (Å²) in [5, 5.41) is 3.77. The second kappa shape index (κ2) is 9.43. The largest absolute Gasteiger partial charge is 0.326 e. The summed E-state index contributed by atoms with van der Waals surface area (Å²) < 4.78 is 0. The lowest BCUT2D eigenvalue weighted by atomic mass is 9.78. The molecule has 0 spiro atoms. The quantitative estimate of drug-likeness (QED) is 0.385. The highest BCUT2D eigenvalue weighted by molar-refractivity contribution is 6.30. The van der Waals surface area contributed by atoms with Crippen molar-refractivity contribution in [2.45, 2.75) is 52.4 Å². The van der Waals surface area contributed by atoms with Crippen LogP contribution in [0, 0.1) is 18.3 Å². The van der Waals surface area contributed by atoms with Crippen LogP contribution in [0.4, 0.5) is 5.69 Å². The molecule has 1 atom stereocenters. The Morgan fingerprint density at radius 2 is 1.71 bits per heavy atom. The number of allylic oxidation sites excluding steroid dienone is 2. The fourth-order valence-electron chi connectivity index (χ4n) is 5.25. The van der Waals surface area contributed by atoms with Gasteiger partial charge in [0.15, 0.2) is 0 Å². The van der Waals surface area contributed by atoms with Crippen molar-refractivity contribution < 1.29 is 4.79 Å². The molecule has 5 rings (SSSR count). The molecular formula is C31H32ClNO. The smallest absolute Gasteiger partial charge is 0.228 e. The highest BCUT2D eigenvalue weighted by atomic mass is 35.5. The van der Waals surface area contributed by atoms with Crippen molar-refractivity contribution >= 4 is 28.8 Å². The molecule has 0 heterocycles. The van der Waals surface area contributed by atoms with Gasteiger partial charge in [0, 0.05) is 10.7 Å². The molecule has 0 aliphatic heterocycles. The normalized spacial score (nSPS) is 18.8. The van der Waals surface area contributed by atoms with Crippen molar-refractivity contribution in [2.24, 2.45) is 11.3 Å². The van der Waals surface area contributed by atoms with Gasteiger partial charge >= 0.3 is 0 Å². The molecule has 0 aromatic heterocycles. The number of carbonyl (C=O) groups excluding carboxylic acids is 1. The summed E-state index contributed by atoms with van der Waals surface area (Å²) in [5.74, 6) is 0.865. The maximum atomic E-state index is 12.6. The van der Waals surface area contributed by atoms with Crippen LogP contribution in [0.2, 0.25) is 5.02 Å². The number of aryl methyl sites for hydroxylation is 1. The minimum absolute atomic E-state index is 0.000532. The SMILES string of the molecule is Cc1cc(Cl)ccc1-c1ccc(NC(=O)Cc2ccc(C3=CCC(C4(C)CC4)CC3)cc2)cc1. The van der Waals surface area contributed by atoms with Crippen molar-refractivity contribution in [3.63, 3.8) is 0 Å². The fourth-order valence-corrected chi connectivity index (χ4v) is 5.47. The van der Waals surface area contributed by atoms with Gasteiger partial charge in [-0.3, -0.25) is 4.79 Å². The molecule has 1 unspecified atom stereocenters. The Labute approximate surface area is 208 Å². The lowest BCUT2D eigenvalue weighted by molar-refractivity contribution is -0.115. The first kappa shape index (κ1) is 22.9. The summed E-state index contributed by atoms with van der Waals surface area (Å²) in [5.41, 5.74) is 8.62. The zero-order chi connectivity index (χ0) is 23.7. The Morgan fingerprint density at radius 1 is 1.00 bits per heavy atom. The van der Waals surface area contributed by atoms with Crippen molar-refractivity contribution in [3.05, 3.63) is 94.5 Å². The van der Waals surface area contributed by atoms with Crippen molar-refractivity contribution in [1.82, 2.24) is 0 Å². The molecule has 3 aromatic carbocycles. The molecule has 0 radical (unpaired) electrons. The van der Waals surface area contributed by atoms with Crippen molar-refractivity contribution in [3.8, 4) is 11.1 Å². The summed E-state index contributed by atoms with van der Waals surface area (Å²) >= 11 is 6.07. The molecule has 1 amide bonds. The first-order valence-corrected chi connectivity index (χ1v) is 12.7. The van der Waals surface area contributed by atoms with Gasteiger partial charge in [-0.1, -0.05) is 67.1 Å². The third kappa shape index (κ3) is 5.13. The van der Waals surface area contributed by atoms with Gasteiger partial charge in [0.1, 0.15) is 0 Å². The Morgan fingerprint density at radius 3 is 2.32 bits per heavy atom. The Balaban J connectivity index is 1.17. The third-order valence-corrected chi connectivity index (χ3v) is 8.03. The van der Waals surface area contributed by atoms with Gasteiger partial charge in [-0.2, -0.15) is 0 Å². The molecule has 2 aliphatic rings. The third-order valence-electron chi connectivity index (χ3n) is 7.79.